The van der Waals surface area contributed by atoms with Crippen molar-refractivity contribution in [1.82, 2.24) is 14.8 Å². The van der Waals surface area contributed by atoms with E-state index in [4.69, 9.17) is 9.84 Å². The Morgan fingerprint density at radius 3 is 2.64 bits per heavy atom. The molecule has 8 heteroatoms. The molecule has 0 saturated carbocycles. The number of methoxy groups -OCH3 is 1. The number of rotatable bonds is 8. The lowest BCUT2D eigenvalue weighted by Gasteiger charge is -2.20. The number of aromatic nitrogens is 3. The Balaban J connectivity index is 1.59. The lowest BCUT2D eigenvalue weighted by Crippen LogP contribution is -2.17. The molecule has 0 amide bonds. The molecule has 2 heterocycles. The average Bonchev–Trinajstić information content (AvgIpc) is 3.19. The van der Waals surface area contributed by atoms with E-state index < -0.39 is 5.97 Å². The van der Waals surface area contributed by atoms with Crippen LogP contribution >= 0.6 is 15.9 Å². The molecule has 7 nitrogen and oxygen atoms in total. The van der Waals surface area contributed by atoms with E-state index in [-0.39, 0.29) is 5.56 Å². The van der Waals surface area contributed by atoms with Gasteiger partial charge in [-0.05, 0) is 45.8 Å². The van der Waals surface area contributed by atoms with Crippen molar-refractivity contribution in [1.29, 1.82) is 0 Å². The van der Waals surface area contributed by atoms with Gasteiger partial charge < -0.3 is 14.7 Å². The Morgan fingerprint density at radius 1 is 1.12 bits per heavy atom. The highest BCUT2D eigenvalue weighted by Crippen LogP contribution is 2.32. The van der Waals surface area contributed by atoms with Crippen molar-refractivity contribution in [2.75, 3.05) is 19.1 Å². The molecule has 0 saturated heterocycles. The Bertz CT molecular complexity index is 1270. The molecule has 0 fully saturated rings. The molecule has 0 aliphatic carbocycles. The van der Waals surface area contributed by atoms with Crippen molar-refractivity contribution in [2.45, 2.75) is 13.1 Å². The fraction of sp³-hybridized carbons (Fsp3) is 0.160. The molecule has 2 aromatic carbocycles. The molecule has 168 valence electrons. The van der Waals surface area contributed by atoms with Gasteiger partial charge in [0.2, 0.25) is 0 Å². The topological polar surface area (TPSA) is 80.5 Å². The van der Waals surface area contributed by atoms with Gasteiger partial charge in [-0.2, -0.15) is 5.10 Å². The van der Waals surface area contributed by atoms with Gasteiger partial charge >= 0.3 is 5.97 Å². The molecule has 0 aliphatic rings. The number of carboxylic acids is 1. The first-order valence-electron chi connectivity index (χ1n) is 10.3. The highest BCUT2D eigenvalue weighted by Gasteiger charge is 2.15. The van der Waals surface area contributed by atoms with E-state index >= 15 is 0 Å². The van der Waals surface area contributed by atoms with E-state index in [1.165, 1.54) is 0 Å². The summed E-state index contributed by atoms with van der Waals surface area (Å²) in [6, 6.07) is 18.8. The predicted molar refractivity (Wildman–Crippen MR) is 131 cm³/mol. The van der Waals surface area contributed by atoms with Crippen LogP contribution in [0.25, 0.3) is 11.3 Å². The SMILES string of the molecule is COc1cc(-c2nn(Cc3ccccc3C(=O)O)cc2Br)ccc1CN(C)c1ccccn1. The van der Waals surface area contributed by atoms with Crippen LogP contribution in [0.3, 0.4) is 0 Å². The second-order valence-corrected chi connectivity index (χ2v) is 8.41. The maximum Gasteiger partial charge on any atom is 0.336 e. The van der Waals surface area contributed by atoms with Crippen LogP contribution in [-0.4, -0.2) is 40.0 Å². The molecule has 2 aromatic heterocycles. The van der Waals surface area contributed by atoms with Gasteiger partial charge in [0.25, 0.3) is 0 Å². The number of hydrogen-bond acceptors (Lipinski definition) is 5. The number of anilines is 1. The molecular formula is C25H23BrN4O3. The normalized spacial score (nSPS) is 10.8. The average molecular weight is 507 g/mol. The zero-order chi connectivity index (χ0) is 23.4. The Hall–Kier alpha value is -3.65. The highest BCUT2D eigenvalue weighted by atomic mass is 79.9. The minimum absolute atomic E-state index is 0.272. The van der Waals surface area contributed by atoms with E-state index in [0.717, 1.165) is 32.9 Å². The third kappa shape index (κ3) is 5.06. The van der Waals surface area contributed by atoms with Gasteiger partial charge in [0.1, 0.15) is 17.3 Å². The van der Waals surface area contributed by atoms with E-state index in [1.807, 2.05) is 55.7 Å². The van der Waals surface area contributed by atoms with Gasteiger partial charge in [-0.25, -0.2) is 9.78 Å². The van der Waals surface area contributed by atoms with Gasteiger partial charge in [0, 0.05) is 37.1 Å². The van der Waals surface area contributed by atoms with Crippen molar-refractivity contribution >= 4 is 27.7 Å². The summed E-state index contributed by atoms with van der Waals surface area (Å²) >= 11 is 3.59. The third-order valence-electron chi connectivity index (χ3n) is 5.31. The Labute approximate surface area is 200 Å². The zero-order valence-electron chi connectivity index (χ0n) is 18.3. The maximum absolute atomic E-state index is 11.5. The van der Waals surface area contributed by atoms with E-state index in [1.54, 1.807) is 36.2 Å². The first-order valence-corrected chi connectivity index (χ1v) is 11.1. The molecule has 4 rings (SSSR count). The summed E-state index contributed by atoms with van der Waals surface area (Å²) in [5.74, 6) is 0.688. The number of aromatic carboxylic acids is 1. The number of pyridine rings is 1. The third-order valence-corrected chi connectivity index (χ3v) is 5.89. The van der Waals surface area contributed by atoms with Crippen LogP contribution in [0.2, 0.25) is 0 Å². The minimum Gasteiger partial charge on any atom is -0.496 e. The quantitative estimate of drug-likeness (QED) is 0.358. The van der Waals surface area contributed by atoms with Crippen molar-refractivity contribution in [2.24, 2.45) is 0 Å². The molecule has 33 heavy (non-hydrogen) atoms. The zero-order valence-corrected chi connectivity index (χ0v) is 19.9. The molecule has 4 aromatic rings. The Morgan fingerprint density at radius 2 is 1.91 bits per heavy atom. The molecule has 1 N–H and O–H groups in total. The van der Waals surface area contributed by atoms with Crippen molar-refractivity contribution in [3.05, 3.63) is 94.2 Å². The van der Waals surface area contributed by atoms with Gasteiger partial charge in [-0.15, -0.1) is 0 Å². The number of carbonyl (C=O) groups is 1. The monoisotopic (exact) mass is 506 g/mol. The lowest BCUT2D eigenvalue weighted by molar-refractivity contribution is 0.0695. The number of nitrogens with zero attached hydrogens (tertiary/aromatic N) is 4. The van der Waals surface area contributed by atoms with Crippen LogP contribution < -0.4 is 9.64 Å². The summed E-state index contributed by atoms with van der Waals surface area (Å²) in [5.41, 5.74) is 3.64. The Kier molecular flexibility index (Phi) is 6.74. The second kappa shape index (κ2) is 9.87. The van der Waals surface area contributed by atoms with Gasteiger partial charge in [-0.3, -0.25) is 4.68 Å². The van der Waals surface area contributed by atoms with Crippen LogP contribution in [0, 0.1) is 0 Å². The van der Waals surface area contributed by atoms with E-state index in [9.17, 15) is 9.90 Å². The molecule has 0 unspecified atom stereocenters. The molecule has 0 radical (unpaired) electrons. The number of benzene rings is 2. The van der Waals surface area contributed by atoms with Crippen molar-refractivity contribution in [3.63, 3.8) is 0 Å². The fourth-order valence-corrected chi connectivity index (χ4v) is 4.20. The second-order valence-electron chi connectivity index (χ2n) is 7.56. The van der Waals surface area contributed by atoms with Crippen molar-refractivity contribution in [3.8, 4) is 17.0 Å². The first kappa shape index (κ1) is 22.5. The molecule has 0 aliphatic heterocycles. The summed E-state index contributed by atoms with van der Waals surface area (Å²) in [5, 5.41) is 14.1. The van der Waals surface area contributed by atoms with Gasteiger partial charge in [-0.1, -0.05) is 36.4 Å². The van der Waals surface area contributed by atoms with Crippen molar-refractivity contribution < 1.29 is 14.6 Å². The number of hydrogen-bond donors (Lipinski definition) is 1. The predicted octanol–water partition coefficient (Wildman–Crippen LogP) is 5.10. The molecule has 0 bridgehead atoms. The first-order chi connectivity index (χ1) is 16.0. The molecular weight excluding hydrogens is 484 g/mol. The summed E-state index contributed by atoms with van der Waals surface area (Å²) in [7, 11) is 3.64. The maximum atomic E-state index is 11.5. The van der Waals surface area contributed by atoms with Gasteiger partial charge in [0.15, 0.2) is 0 Å². The smallest absolute Gasteiger partial charge is 0.336 e. The summed E-state index contributed by atoms with van der Waals surface area (Å²) in [6.45, 7) is 0.993. The molecule has 0 spiro atoms. The number of ether oxygens (including phenoxy) is 1. The van der Waals surface area contributed by atoms with Crippen LogP contribution in [-0.2, 0) is 13.1 Å². The number of halogens is 1. The van der Waals surface area contributed by atoms with E-state index in [0.29, 0.717) is 18.7 Å². The lowest BCUT2D eigenvalue weighted by atomic mass is 10.1. The standard InChI is InChI=1S/C25H23BrN4O3/c1-29(23-9-5-6-12-27-23)14-19-11-10-17(13-22(19)33-2)24-21(26)16-30(28-24)15-18-7-3-4-8-20(18)25(31)32/h3-13,16H,14-15H2,1-2H3,(H,31,32). The molecule has 0 atom stereocenters. The largest absolute Gasteiger partial charge is 0.496 e. The van der Waals surface area contributed by atoms with Crippen LogP contribution in [0.4, 0.5) is 5.82 Å². The van der Waals surface area contributed by atoms with Crippen LogP contribution in [0.15, 0.2) is 77.5 Å². The van der Waals surface area contributed by atoms with Crippen LogP contribution in [0.1, 0.15) is 21.5 Å². The summed E-state index contributed by atoms with van der Waals surface area (Å²) in [6.07, 6.45) is 3.62. The van der Waals surface area contributed by atoms with Crippen LogP contribution in [0.5, 0.6) is 5.75 Å². The minimum atomic E-state index is -0.951. The van der Waals surface area contributed by atoms with Gasteiger partial charge in [0.05, 0.1) is 23.7 Å². The fourth-order valence-electron chi connectivity index (χ4n) is 3.65. The summed E-state index contributed by atoms with van der Waals surface area (Å²) < 4.78 is 8.21. The number of carboxylic acid groups (broad SMARTS) is 1. The van der Waals surface area contributed by atoms with E-state index in [2.05, 4.69) is 25.8 Å². The highest BCUT2D eigenvalue weighted by molar-refractivity contribution is 9.10. The summed E-state index contributed by atoms with van der Waals surface area (Å²) in [4.78, 5) is 18.0.